The molecule has 12 nitrogen and oxygen atoms in total. The molecule has 2 heterocycles. The van der Waals surface area contributed by atoms with Gasteiger partial charge in [0.2, 0.25) is 0 Å². The van der Waals surface area contributed by atoms with Gasteiger partial charge in [-0.25, -0.2) is 19.3 Å². The van der Waals surface area contributed by atoms with E-state index in [0.29, 0.717) is 49.9 Å². The van der Waals surface area contributed by atoms with E-state index in [2.05, 4.69) is 10.3 Å². The van der Waals surface area contributed by atoms with E-state index < -0.39 is 24.1 Å². The lowest BCUT2D eigenvalue weighted by molar-refractivity contribution is -0.136. The molecule has 0 aliphatic carbocycles. The van der Waals surface area contributed by atoms with Gasteiger partial charge in [-0.1, -0.05) is 37.3 Å². The molecule has 1 atom stereocenters. The van der Waals surface area contributed by atoms with Gasteiger partial charge in [0, 0.05) is 37.1 Å². The number of anilines is 1. The van der Waals surface area contributed by atoms with Crippen LogP contribution in [0.25, 0.3) is 11.6 Å². The largest absolute Gasteiger partial charge is 0.450 e. The number of rotatable bonds is 13. The van der Waals surface area contributed by atoms with Gasteiger partial charge in [-0.2, -0.15) is 0 Å². The number of aromatic amines is 1. The summed E-state index contributed by atoms with van der Waals surface area (Å²) in [5.41, 5.74) is 7.05. The molecule has 1 aliphatic heterocycles. The minimum atomic E-state index is -0.875. The van der Waals surface area contributed by atoms with Crippen LogP contribution in [0.15, 0.2) is 42.5 Å². The zero-order valence-electron chi connectivity index (χ0n) is 29.6. The van der Waals surface area contributed by atoms with Crippen LogP contribution in [0.1, 0.15) is 59.5 Å². The van der Waals surface area contributed by atoms with Gasteiger partial charge in [-0.3, -0.25) is 9.69 Å². The molecule has 49 heavy (non-hydrogen) atoms. The number of aryl methyl sites for hydroxylation is 4. The van der Waals surface area contributed by atoms with Crippen molar-refractivity contribution in [3.63, 3.8) is 0 Å². The Labute approximate surface area is 288 Å². The second-order valence-corrected chi connectivity index (χ2v) is 12.5. The summed E-state index contributed by atoms with van der Waals surface area (Å²) in [6.45, 7) is 12.8. The Hall–Kier alpha value is -4.94. The molecule has 0 spiro atoms. The molecule has 2 N–H and O–H groups in total. The highest BCUT2D eigenvalue weighted by atomic mass is 16.6. The molecule has 262 valence electrons. The summed E-state index contributed by atoms with van der Waals surface area (Å²) >= 11 is 0. The van der Waals surface area contributed by atoms with Crippen molar-refractivity contribution in [2.75, 3.05) is 45.4 Å². The first kappa shape index (κ1) is 36.9. The fraction of sp³-hybridized carbons (Fsp3) is 0.405. The lowest BCUT2D eigenvalue weighted by Crippen LogP contribution is -2.45. The maximum Gasteiger partial charge on any atom is 0.407 e. The number of ether oxygens (including phenoxy) is 3. The van der Waals surface area contributed by atoms with Crippen LogP contribution in [-0.4, -0.2) is 85.3 Å². The minimum absolute atomic E-state index is 0.270. The standard InChI is InChI=1S/C37H47N5O7/c1-9-16-48-36(45)39-27(6)35(44)49-33-24(3)18-28(19-25(33)4)21-47-22-40(7)14-15-41(8)37(46)42-32-13-11-10-12-29(32)30(34(42)43)20-31-23(2)17-26(5)38-31/h10-13,17-20,27,38H,9,14-16,21-22H2,1-8H3,(H,39,45)/b30-20-. The predicted octanol–water partition coefficient (Wildman–Crippen LogP) is 5.72. The molecule has 0 saturated carbocycles. The summed E-state index contributed by atoms with van der Waals surface area (Å²) in [5, 5.41) is 2.48. The molecule has 1 unspecified atom stereocenters. The molecule has 3 aromatic rings. The first-order chi connectivity index (χ1) is 23.3. The number of likely N-dealkylation sites (N-methyl/N-ethyl adjacent to an activating group) is 2. The number of carbonyl (C=O) groups is 4. The molecule has 4 rings (SSSR count). The van der Waals surface area contributed by atoms with Gasteiger partial charge in [0.1, 0.15) is 11.8 Å². The molecule has 0 saturated heterocycles. The quantitative estimate of drug-likeness (QED) is 0.102. The number of benzene rings is 2. The predicted molar refractivity (Wildman–Crippen MR) is 188 cm³/mol. The molecular formula is C37H47N5O7. The number of imide groups is 1. The number of urea groups is 1. The van der Waals surface area contributed by atoms with Crippen LogP contribution in [0.5, 0.6) is 5.75 Å². The van der Waals surface area contributed by atoms with E-state index in [-0.39, 0.29) is 12.5 Å². The van der Waals surface area contributed by atoms with Gasteiger partial charge in [-0.15, -0.1) is 0 Å². The van der Waals surface area contributed by atoms with Crippen molar-refractivity contribution in [2.24, 2.45) is 0 Å². The van der Waals surface area contributed by atoms with E-state index >= 15 is 0 Å². The summed E-state index contributed by atoms with van der Waals surface area (Å²) in [6, 6.07) is 11.9. The monoisotopic (exact) mass is 673 g/mol. The van der Waals surface area contributed by atoms with Crippen molar-refractivity contribution >= 4 is 41.3 Å². The second-order valence-electron chi connectivity index (χ2n) is 12.5. The SMILES string of the molecule is CCCOC(=O)NC(C)C(=O)Oc1c(C)cc(COCN(C)CCN(C)C(=O)N2C(=O)/C(=C\c3[nH]c(C)cc3C)c3ccccc32)cc1C. The molecule has 0 bridgehead atoms. The Balaban J connectivity index is 1.28. The van der Waals surface area contributed by atoms with Gasteiger partial charge < -0.3 is 29.4 Å². The highest BCUT2D eigenvalue weighted by Crippen LogP contribution is 2.38. The number of nitrogens with zero attached hydrogens (tertiary/aromatic N) is 3. The van der Waals surface area contributed by atoms with Crippen LogP contribution in [0.4, 0.5) is 15.3 Å². The molecule has 0 radical (unpaired) electrons. The lowest BCUT2D eigenvalue weighted by atomic mass is 10.1. The number of fused-ring (bicyclic) bond motifs is 1. The summed E-state index contributed by atoms with van der Waals surface area (Å²) in [4.78, 5) is 59.5. The van der Waals surface area contributed by atoms with E-state index in [0.717, 1.165) is 39.2 Å². The fourth-order valence-electron chi connectivity index (χ4n) is 5.53. The van der Waals surface area contributed by atoms with Gasteiger partial charge in [0.25, 0.3) is 5.91 Å². The average Bonchev–Trinajstić information content (AvgIpc) is 3.53. The maximum atomic E-state index is 13.6. The van der Waals surface area contributed by atoms with Gasteiger partial charge >= 0.3 is 18.1 Å². The van der Waals surface area contributed by atoms with Crippen molar-refractivity contribution in [2.45, 2.75) is 60.6 Å². The Kier molecular flexibility index (Phi) is 12.4. The van der Waals surface area contributed by atoms with E-state index in [1.165, 1.54) is 16.7 Å². The first-order valence-electron chi connectivity index (χ1n) is 16.4. The van der Waals surface area contributed by atoms with E-state index in [1.54, 1.807) is 13.1 Å². The highest BCUT2D eigenvalue weighted by Gasteiger charge is 2.38. The Bertz CT molecular complexity index is 1710. The van der Waals surface area contributed by atoms with E-state index in [4.69, 9.17) is 14.2 Å². The summed E-state index contributed by atoms with van der Waals surface area (Å²) in [5.74, 6) is -0.512. The van der Waals surface area contributed by atoms with E-state index in [1.807, 2.05) is 89.0 Å². The normalized spacial score (nSPS) is 13.9. The third-order valence-electron chi connectivity index (χ3n) is 8.11. The second kappa shape index (κ2) is 16.4. The van der Waals surface area contributed by atoms with Crippen LogP contribution >= 0.6 is 0 Å². The average molecular weight is 674 g/mol. The number of aromatic nitrogens is 1. The topological polar surface area (TPSA) is 134 Å². The van der Waals surface area contributed by atoms with Crippen LogP contribution in [-0.2, 0) is 25.7 Å². The number of nitrogens with one attached hydrogen (secondary N) is 2. The molecule has 1 aromatic heterocycles. The number of hydrogen-bond acceptors (Lipinski definition) is 8. The zero-order valence-corrected chi connectivity index (χ0v) is 29.6. The van der Waals surface area contributed by atoms with Crippen molar-refractivity contribution in [1.82, 2.24) is 20.1 Å². The molecule has 4 amide bonds. The molecule has 0 fully saturated rings. The molecular weight excluding hydrogens is 626 g/mol. The number of esters is 1. The number of hydrogen-bond donors (Lipinski definition) is 2. The number of amides is 4. The lowest BCUT2D eigenvalue weighted by Gasteiger charge is -2.26. The minimum Gasteiger partial charge on any atom is -0.450 e. The summed E-state index contributed by atoms with van der Waals surface area (Å²) < 4.78 is 16.5. The van der Waals surface area contributed by atoms with Crippen LogP contribution < -0.4 is 15.0 Å². The third-order valence-corrected chi connectivity index (χ3v) is 8.11. The van der Waals surface area contributed by atoms with Crippen molar-refractivity contribution in [3.05, 3.63) is 81.7 Å². The number of carbonyl (C=O) groups excluding carboxylic acids is 4. The number of alkyl carbamates (subject to hydrolysis) is 1. The van der Waals surface area contributed by atoms with Gasteiger partial charge in [0.05, 0.1) is 31.2 Å². The summed E-state index contributed by atoms with van der Waals surface area (Å²) in [6.07, 6.45) is 1.84. The fourth-order valence-corrected chi connectivity index (χ4v) is 5.53. The highest BCUT2D eigenvalue weighted by molar-refractivity contribution is 6.41. The maximum absolute atomic E-state index is 13.6. The summed E-state index contributed by atoms with van der Waals surface area (Å²) in [7, 11) is 3.57. The van der Waals surface area contributed by atoms with Crippen LogP contribution in [0.3, 0.4) is 0 Å². The molecule has 2 aromatic carbocycles. The van der Waals surface area contributed by atoms with Crippen molar-refractivity contribution in [1.29, 1.82) is 0 Å². The molecule has 12 heteroatoms. The number of para-hydroxylation sites is 1. The zero-order chi connectivity index (χ0) is 35.8. The van der Waals surface area contributed by atoms with E-state index in [9.17, 15) is 19.2 Å². The van der Waals surface area contributed by atoms with Crippen molar-refractivity contribution in [3.8, 4) is 5.75 Å². The number of H-pyrrole nitrogens is 1. The van der Waals surface area contributed by atoms with Crippen LogP contribution in [0.2, 0.25) is 0 Å². The first-order valence-corrected chi connectivity index (χ1v) is 16.4. The third kappa shape index (κ3) is 9.15. The Morgan fingerprint density at radius 1 is 1.00 bits per heavy atom. The van der Waals surface area contributed by atoms with Gasteiger partial charge in [-0.05, 0) is 88.5 Å². The smallest absolute Gasteiger partial charge is 0.407 e. The van der Waals surface area contributed by atoms with Crippen LogP contribution in [0, 0.1) is 27.7 Å². The van der Waals surface area contributed by atoms with Crippen molar-refractivity contribution < 1.29 is 33.4 Å². The Morgan fingerprint density at radius 2 is 1.69 bits per heavy atom. The Morgan fingerprint density at radius 3 is 2.35 bits per heavy atom. The van der Waals surface area contributed by atoms with Gasteiger partial charge in [0.15, 0.2) is 0 Å². The molecule has 1 aliphatic rings.